The minimum atomic E-state index is -1.44. The molecule has 1 heterocycles. The highest BCUT2D eigenvalue weighted by Crippen LogP contribution is 2.44. The molecule has 4 atom stereocenters. The van der Waals surface area contributed by atoms with Crippen molar-refractivity contribution in [2.24, 2.45) is 11.8 Å². The number of anilines is 1. The summed E-state index contributed by atoms with van der Waals surface area (Å²) >= 11 is 0. The maximum absolute atomic E-state index is 14.4. The van der Waals surface area contributed by atoms with Crippen LogP contribution in [0.15, 0.2) is 72.8 Å². The lowest BCUT2D eigenvalue weighted by atomic mass is 9.98. The van der Waals surface area contributed by atoms with Gasteiger partial charge in [-0.1, -0.05) is 88.4 Å². The van der Waals surface area contributed by atoms with E-state index in [0.717, 1.165) is 41.0 Å². The fraction of sp³-hybridized carbons (Fsp3) is 0.489. The average Bonchev–Trinajstić information content (AvgIpc) is 3.53. The average molecular weight is 800 g/mol. The van der Waals surface area contributed by atoms with Gasteiger partial charge in [-0.15, -0.1) is 0 Å². The molecular formula is C45H57N3O10. The van der Waals surface area contributed by atoms with Crippen LogP contribution in [0.4, 0.5) is 10.5 Å². The Kier molecular flexibility index (Phi) is 14.9. The van der Waals surface area contributed by atoms with Gasteiger partial charge in [0.25, 0.3) is 5.91 Å². The van der Waals surface area contributed by atoms with Crippen molar-refractivity contribution in [3.63, 3.8) is 0 Å². The molecule has 3 aromatic rings. The minimum Gasteiger partial charge on any atom is -0.479 e. The van der Waals surface area contributed by atoms with Gasteiger partial charge in [0.15, 0.2) is 12.2 Å². The third-order valence-corrected chi connectivity index (χ3v) is 10.7. The number of ether oxygens (including phenoxy) is 4. The first-order valence-electron chi connectivity index (χ1n) is 20.1. The number of aliphatic carboxylic acids is 1. The van der Waals surface area contributed by atoms with Gasteiger partial charge in [-0.3, -0.25) is 9.69 Å². The maximum Gasteiger partial charge on any atom is 0.410 e. The van der Waals surface area contributed by atoms with E-state index in [2.05, 4.69) is 17.0 Å². The minimum absolute atomic E-state index is 0.0314. The highest BCUT2D eigenvalue weighted by molar-refractivity contribution is 5.90. The Hall–Kier alpha value is -5.43. The number of carboxylic acid groups (broad SMARTS) is 1. The molecule has 0 bridgehead atoms. The Morgan fingerprint density at radius 1 is 0.741 bits per heavy atom. The Balaban J connectivity index is 1.38. The molecule has 0 saturated carbocycles. The molecule has 1 aliphatic carbocycles. The van der Waals surface area contributed by atoms with Crippen molar-refractivity contribution < 1.29 is 48.0 Å². The van der Waals surface area contributed by atoms with Crippen molar-refractivity contribution in [2.75, 3.05) is 51.9 Å². The number of carbonyl (C=O) groups is 5. The van der Waals surface area contributed by atoms with E-state index in [1.807, 2.05) is 88.4 Å². The molecule has 0 spiro atoms. The van der Waals surface area contributed by atoms with Crippen molar-refractivity contribution in [3.8, 4) is 11.1 Å². The molecule has 1 fully saturated rings. The molecule has 0 aromatic heterocycles. The molecule has 1 aliphatic heterocycles. The second-order valence-electron chi connectivity index (χ2n) is 16.0. The molecule has 1 saturated heterocycles. The molecule has 0 unspecified atom stereocenters. The third-order valence-electron chi connectivity index (χ3n) is 10.7. The standard InChI is InChI=1S/C45H57N3O10/c1-28(2)24-38(43(52)57-30(5)42(50)51)46(6)41(49)40(26-31-16-18-32(19-17-31)48-20-22-55-23-21-48)58-44(53)39(25-29(3)4)47(7)45(54)56-27-37-35-14-10-8-12-33(35)34-13-9-11-15-36(34)37/h8-19,28-30,37-40H,20-27H2,1-7H3,(H,50,51)/t30-,38+,39+,40-/m1/s1. The van der Waals surface area contributed by atoms with E-state index in [1.165, 1.54) is 30.8 Å². The number of hydrogen-bond donors (Lipinski definition) is 1. The summed E-state index contributed by atoms with van der Waals surface area (Å²) in [5, 5.41) is 9.40. The Morgan fingerprint density at radius 2 is 1.26 bits per heavy atom. The number of hydrogen-bond acceptors (Lipinski definition) is 10. The van der Waals surface area contributed by atoms with Gasteiger partial charge in [-0.25, -0.2) is 19.2 Å². The van der Waals surface area contributed by atoms with Crippen LogP contribution in [0, 0.1) is 11.8 Å². The number of likely N-dealkylation sites (N-methyl/N-ethyl adjacent to an activating group) is 2. The Bertz CT molecular complexity index is 1860. The number of morpholine rings is 1. The second kappa shape index (κ2) is 19.8. The van der Waals surface area contributed by atoms with Gasteiger partial charge in [0, 0.05) is 45.2 Å². The van der Waals surface area contributed by atoms with E-state index in [4.69, 9.17) is 18.9 Å². The van der Waals surface area contributed by atoms with Crippen molar-refractivity contribution in [3.05, 3.63) is 89.5 Å². The fourth-order valence-corrected chi connectivity index (χ4v) is 7.50. The number of amides is 2. The third kappa shape index (κ3) is 10.7. The summed E-state index contributed by atoms with van der Waals surface area (Å²) in [6, 6.07) is 21.4. The molecule has 1 N–H and O–H groups in total. The van der Waals surface area contributed by atoms with Crippen molar-refractivity contribution in [1.82, 2.24) is 9.80 Å². The number of carboxylic acids is 1. The normalized spacial score (nSPS) is 15.8. The van der Waals surface area contributed by atoms with Gasteiger partial charge >= 0.3 is 24.0 Å². The maximum atomic E-state index is 14.4. The predicted molar refractivity (Wildman–Crippen MR) is 218 cm³/mol. The molecule has 13 nitrogen and oxygen atoms in total. The second-order valence-corrected chi connectivity index (χ2v) is 16.0. The van der Waals surface area contributed by atoms with Gasteiger partial charge < -0.3 is 33.9 Å². The monoisotopic (exact) mass is 799 g/mol. The Labute approximate surface area is 341 Å². The molecule has 0 radical (unpaired) electrons. The molecule has 312 valence electrons. The van der Waals surface area contributed by atoms with Crippen LogP contribution >= 0.6 is 0 Å². The smallest absolute Gasteiger partial charge is 0.410 e. The summed E-state index contributed by atoms with van der Waals surface area (Å²) in [5.41, 5.74) is 5.97. The zero-order chi connectivity index (χ0) is 42.1. The number of carbonyl (C=O) groups excluding carboxylic acids is 4. The van der Waals surface area contributed by atoms with Crippen molar-refractivity contribution >= 4 is 35.6 Å². The topological polar surface area (TPSA) is 152 Å². The number of esters is 2. The van der Waals surface area contributed by atoms with Crippen LogP contribution in [-0.2, 0) is 44.5 Å². The van der Waals surface area contributed by atoms with E-state index in [-0.39, 0.29) is 43.6 Å². The molecule has 58 heavy (non-hydrogen) atoms. The molecule has 13 heteroatoms. The predicted octanol–water partition coefficient (Wildman–Crippen LogP) is 6.16. The van der Waals surface area contributed by atoms with E-state index >= 15 is 0 Å². The van der Waals surface area contributed by atoms with Crippen LogP contribution in [0.1, 0.15) is 70.1 Å². The lowest BCUT2D eigenvalue weighted by Gasteiger charge is -2.33. The van der Waals surface area contributed by atoms with Crippen LogP contribution in [0.2, 0.25) is 0 Å². The summed E-state index contributed by atoms with van der Waals surface area (Å²) in [5.74, 6) is -4.00. The Morgan fingerprint density at radius 3 is 1.79 bits per heavy atom. The number of nitrogens with zero attached hydrogens (tertiary/aromatic N) is 3. The summed E-state index contributed by atoms with van der Waals surface area (Å²) < 4.78 is 22.7. The van der Waals surface area contributed by atoms with Gasteiger partial charge in [0.05, 0.1) is 13.2 Å². The molecular weight excluding hydrogens is 743 g/mol. The fourth-order valence-electron chi connectivity index (χ4n) is 7.50. The first kappa shape index (κ1) is 43.7. The van der Waals surface area contributed by atoms with E-state index in [1.54, 1.807) is 0 Å². The zero-order valence-electron chi connectivity index (χ0n) is 34.6. The summed E-state index contributed by atoms with van der Waals surface area (Å²) in [6.07, 6.45) is -3.19. The largest absolute Gasteiger partial charge is 0.479 e. The SMILES string of the molecule is CC(C)C[C@@H](C(=O)O[C@H](Cc1ccc(N2CCOCC2)cc1)C(=O)N(C)[C@@H](CC(C)C)C(=O)O[C@H](C)C(=O)O)N(C)C(=O)OCC1c2ccccc2-c2ccccc21. The molecule has 3 aromatic carbocycles. The van der Waals surface area contributed by atoms with Gasteiger partial charge in [0.1, 0.15) is 18.7 Å². The summed E-state index contributed by atoms with van der Waals surface area (Å²) in [6.45, 7) is 11.6. The van der Waals surface area contributed by atoms with E-state index in [9.17, 15) is 29.1 Å². The first-order valence-corrected chi connectivity index (χ1v) is 20.1. The van der Waals surface area contributed by atoms with Crippen LogP contribution in [-0.4, -0.2) is 116 Å². The first-order chi connectivity index (χ1) is 27.7. The zero-order valence-corrected chi connectivity index (χ0v) is 34.6. The molecule has 2 amide bonds. The number of fused-ring (bicyclic) bond motifs is 3. The summed E-state index contributed by atoms with van der Waals surface area (Å²) in [7, 11) is 2.90. The quantitative estimate of drug-likeness (QED) is 0.123. The van der Waals surface area contributed by atoms with Crippen LogP contribution in [0.25, 0.3) is 11.1 Å². The lowest BCUT2D eigenvalue weighted by Crippen LogP contribution is -2.52. The lowest BCUT2D eigenvalue weighted by molar-refractivity contribution is -0.172. The highest BCUT2D eigenvalue weighted by atomic mass is 16.6. The summed E-state index contributed by atoms with van der Waals surface area (Å²) in [4.78, 5) is 72.0. The van der Waals surface area contributed by atoms with Gasteiger partial charge in [0.2, 0.25) is 0 Å². The van der Waals surface area contributed by atoms with E-state index < -0.39 is 54.2 Å². The van der Waals surface area contributed by atoms with Crippen molar-refractivity contribution in [1.29, 1.82) is 0 Å². The van der Waals surface area contributed by atoms with Crippen LogP contribution in [0.5, 0.6) is 0 Å². The van der Waals surface area contributed by atoms with E-state index in [0.29, 0.717) is 18.8 Å². The number of rotatable bonds is 17. The molecule has 2 aliphatic rings. The molecule has 5 rings (SSSR count). The van der Waals surface area contributed by atoms with Crippen molar-refractivity contribution in [2.45, 2.75) is 84.1 Å². The van der Waals surface area contributed by atoms with Crippen LogP contribution < -0.4 is 4.90 Å². The van der Waals surface area contributed by atoms with Gasteiger partial charge in [-0.2, -0.15) is 0 Å². The highest BCUT2D eigenvalue weighted by Gasteiger charge is 2.39. The number of benzene rings is 3. The van der Waals surface area contributed by atoms with Crippen LogP contribution in [0.3, 0.4) is 0 Å². The van der Waals surface area contributed by atoms with Gasteiger partial charge in [-0.05, 0) is 71.6 Å².